The lowest BCUT2D eigenvalue weighted by Gasteiger charge is -2.06. The van der Waals surface area contributed by atoms with Crippen LogP contribution in [0.2, 0.25) is 5.15 Å². The first-order valence-electron chi connectivity index (χ1n) is 5.94. The zero-order valence-corrected chi connectivity index (χ0v) is 11.0. The summed E-state index contributed by atoms with van der Waals surface area (Å²) in [6, 6.07) is 9.07. The van der Waals surface area contributed by atoms with Gasteiger partial charge in [-0.25, -0.2) is 9.78 Å². The fraction of sp³-hybridized carbons (Fsp3) is 0.143. The summed E-state index contributed by atoms with van der Waals surface area (Å²) in [4.78, 5) is 16.0. The van der Waals surface area contributed by atoms with Crippen molar-refractivity contribution in [2.24, 2.45) is 0 Å². The van der Waals surface area contributed by atoms with E-state index in [2.05, 4.69) is 4.98 Å². The molecule has 0 radical (unpaired) electrons. The molecule has 2 aromatic heterocycles. The second-order valence-electron chi connectivity index (χ2n) is 4.09. The van der Waals surface area contributed by atoms with Crippen LogP contribution in [0.1, 0.15) is 17.3 Å². The van der Waals surface area contributed by atoms with Crippen molar-refractivity contribution in [1.29, 1.82) is 0 Å². The first-order valence-corrected chi connectivity index (χ1v) is 6.32. The average molecular weight is 275 g/mol. The SMILES string of the molecule is CCOC(=O)c1ccc2c(c1)nc(Cl)c1cccn12. The molecule has 0 fully saturated rings. The van der Waals surface area contributed by atoms with Gasteiger partial charge in [-0.1, -0.05) is 11.6 Å². The van der Waals surface area contributed by atoms with Gasteiger partial charge in [-0.2, -0.15) is 0 Å². The molecule has 0 aliphatic rings. The normalized spacial score (nSPS) is 11.1. The largest absolute Gasteiger partial charge is 0.462 e. The molecule has 96 valence electrons. The number of hydrogen-bond acceptors (Lipinski definition) is 3. The van der Waals surface area contributed by atoms with Crippen molar-refractivity contribution >= 4 is 34.1 Å². The van der Waals surface area contributed by atoms with E-state index in [0.29, 0.717) is 22.8 Å². The lowest BCUT2D eigenvalue weighted by Crippen LogP contribution is -2.05. The summed E-state index contributed by atoms with van der Waals surface area (Å²) in [5.41, 5.74) is 2.89. The van der Waals surface area contributed by atoms with E-state index in [1.165, 1.54) is 0 Å². The molecule has 1 aromatic carbocycles. The first kappa shape index (κ1) is 12.0. The van der Waals surface area contributed by atoms with E-state index in [0.717, 1.165) is 11.0 Å². The highest BCUT2D eigenvalue weighted by Crippen LogP contribution is 2.23. The zero-order valence-electron chi connectivity index (χ0n) is 10.3. The molecule has 0 unspecified atom stereocenters. The van der Waals surface area contributed by atoms with E-state index in [1.807, 2.05) is 28.8 Å². The van der Waals surface area contributed by atoms with Gasteiger partial charge in [0.25, 0.3) is 0 Å². The van der Waals surface area contributed by atoms with Crippen LogP contribution in [0.4, 0.5) is 0 Å². The summed E-state index contributed by atoms with van der Waals surface area (Å²) in [5.74, 6) is -0.352. The second-order valence-corrected chi connectivity index (χ2v) is 4.45. The van der Waals surface area contributed by atoms with Crippen molar-refractivity contribution in [3.05, 3.63) is 47.2 Å². The van der Waals surface area contributed by atoms with Crippen LogP contribution in [0, 0.1) is 0 Å². The molecule has 0 aliphatic heterocycles. The number of carbonyl (C=O) groups is 1. The Kier molecular flexibility index (Phi) is 2.87. The summed E-state index contributed by atoms with van der Waals surface area (Å²) in [7, 11) is 0. The summed E-state index contributed by atoms with van der Waals surface area (Å²) in [6.45, 7) is 2.12. The average Bonchev–Trinajstić information content (AvgIpc) is 2.88. The highest BCUT2D eigenvalue weighted by atomic mass is 35.5. The molecule has 0 N–H and O–H groups in total. The molecule has 4 nitrogen and oxygen atoms in total. The molecule has 0 bridgehead atoms. The molecule has 19 heavy (non-hydrogen) atoms. The number of aromatic nitrogens is 2. The van der Waals surface area contributed by atoms with Crippen LogP contribution in [0.15, 0.2) is 36.5 Å². The fourth-order valence-corrected chi connectivity index (χ4v) is 2.33. The highest BCUT2D eigenvalue weighted by Gasteiger charge is 2.11. The predicted octanol–water partition coefficient (Wildman–Crippen LogP) is 3.32. The number of halogens is 1. The van der Waals surface area contributed by atoms with Gasteiger partial charge in [0.05, 0.1) is 28.7 Å². The summed E-state index contributed by atoms with van der Waals surface area (Å²) in [5, 5.41) is 0.415. The Morgan fingerprint density at radius 3 is 3.00 bits per heavy atom. The van der Waals surface area contributed by atoms with E-state index in [-0.39, 0.29) is 5.97 Å². The van der Waals surface area contributed by atoms with Crippen LogP contribution in [-0.4, -0.2) is 22.0 Å². The van der Waals surface area contributed by atoms with E-state index in [9.17, 15) is 4.79 Å². The number of esters is 1. The predicted molar refractivity (Wildman–Crippen MR) is 73.7 cm³/mol. The van der Waals surface area contributed by atoms with Crippen LogP contribution in [0.25, 0.3) is 16.6 Å². The Bertz CT molecular complexity index is 780. The molecule has 0 saturated carbocycles. The lowest BCUT2D eigenvalue weighted by molar-refractivity contribution is 0.0526. The maximum absolute atomic E-state index is 11.7. The van der Waals surface area contributed by atoms with Gasteiger partial charge in [0.1, 0.15) is 0 Å². The Morgan fingerprint density at radius 2 is 2.21 bits per heavy atom. The van der Waals surface area contributed by atoms with Crippen LogP contribution in [-0.2, 0) is 4.74 Å². The Morgan fingerprint density at radius 1 is 1.37 bits per heavy atom. The molecule has 2 heterocycles. The van der Waals surface area contributed by atoms with Gasteiger partial charge in [-0.15, -0.1) is 0 Å². The third kappa shape index (κ3) is 1.94. The Labute approximate surface area is 114 Å². The van der Waals surface area contributed by atoms with Gasteiger partial charge < -0.3 is 9.14 Å². The zero-order chi connectivity index (χ0) is 13.4. The molecule has 0 amide bonds. The minimum Gasteiger partial charge on any atom is -0.462 e. The maximum atomic E-state index is 11.7. The van der Waals surface area contributed by atoms with Gasteiger partial charge in [-0.3, -0.25) is 0 Å². The Hall–Kier alpha value is -2.07. The van der Waals surface area contributed by atoms with E-state index < -0.39 is 0 Å². The van der Waals surface area contributed by atoms with Crippen molar-refractivity contribution in [2.75, 3.05) is 6.61 Å². The van der Waals surface area contributed by atoms with Gasteiger partial charge in [0.2, 0.25) is 0 Å². The van der Waals surface area contributed by atoms with E-state index in [1.54, 1.807) is 19.1 Å². The standard InChI is InChI=1S/C14H11ClN2O2/c1-2-19-14(18)9-5-6-11-10(8-9)16-13(15)12-4-3-7-17(11)12/h3-8H,2H2,1H3. The number of hydrogen-bond donors (Lipinski definition) is 0. The minimum absolute atomic E-state index is 0.349. The molecule has 0 saturated heterocycles. The summed E-state index contributed by atoms with van der Waals surface area (Å²) >= 11 is 6.12. The lowest BCUT2D eigenvalue weighted by atomic mass is 10.2. The summed E-state index contributed by atoms with van der Waals surface area (Å²) < 4.78 is 6.92. The number of nitrogens with zero attached hydrogens (tertiary/aromatic N) is 2. The molecular weight excluding hydrogens is 264 g/mol. The van der Waals surface area contributed by atoms with Crippen LogP contribution >= 0.6 is 11.6 Å². The van der Waals surface area contributed by atoms with Crippen LogP contribution in [0.3, 0.4) is 0 Å². The van der Waals surface area contributed by atoms with Gasteiger partial charge >= 0.3 is 5.97 Å². The Balaban J connectivity index is 2.23. The number of ether oxygens (including phenoxy) is 1. The van der Waals surface area contributed by atoms with Gasteiger partial charge in [0, 0.05) is 6.20 Å². The first-order chi connectivity index (χ1) is 9.20. The smallest absolute Gasteiger partial charge is 0.338 e. The minimum atomic E-state index is -0.352. The number of benzene rings is 1. The third-order valence-electron chi connectivity index (χ3n) is 2.92. The van der Waals surface area contributed by atoms with Crippen molar-refractivity contribution in [2.45, 2.75) is 6.92 Å². The third-order valence-corrected chi connectivity index (χ3v) is 3.20. The molecule has 5 heteroatoms. The van der Waals surface area contributed by atoms with E-state index in [4.69, 9.17) is 16.3 Å². The second kappa shape index (κ2) is 4.55. The van der Waals surface area contributed by atoms with Crippen molar-refractivity contribution in [3.63, 3.8) is 0 Å². The fourth-order valence-electron chi connectivity index (χ4n) is 2.08. The van der Waals surface area contributed by atoms with E-state index >= 15 is 0 Å². The molecule has 0 atom stereocenters. The molecule has 0 aliphatic carbocycles. The molecule has 3 rings (SSSR count). The van der Waals surface area contributed by atoms with Crippen LogP contribution in [0.5, 0.6) is 0 Å². The topological polar surface area (TPSA) is 43.6 Å². The molecule has 3 aromatic rings. The van der Waals surface area contributed by atoms with Gasteiger partial charge in [-0.05, 0) is 37.3 Å². The van der Waals surface area contributed by atoms with Crippen molar-refractivity contribution in [1.82, 2.24) is 9.38 Å². The number of fused-ring (bicyclic) bond motifs is 3. The maximum Gasteiger partial charge on any atom is 0.338 e. The van der Waals surface area contributed by atoms with Gasteiger partial charge in [0.15, 0.2) is 5.15 Å². The quantitative estimate of drug-likeness (QED) is 0.673. The van der Waals surface area contributed by atoms with Crippen molar-refractivity contribution in [3.8, 4) is 0 Å². The van der Waals surface area contributed by atoms with Crippen LogP contribution < -0.4 is 0 Å². The monoisotopic (exact) mass is 274 g/mol. The highest BCUT2D eigenvalue weighted by molar-refractivity contribution is 6.33. The number of rotatable bonds is 2. The van der Waals surface area contributed by atoms with Crippen molar-refractivity contribution < 1.29 is 9.53 Å². The molecule has 0 spiro atoms. The summed E-state index contributed by atoms with van der Waals surface area (Å²) in [6.07, 6.45) is 1.91. The number of carbonyl (C=O) groups excluding carboxylic acids is 1. The molecular formula is C14H11ClN2O2.